The molecule has 0 spiro atoms. The second-order valence-electron chi connectivity index (χ2n) is 4.68. The van der Waals surface area contributed by atoms with E-state index in [0.717, 1.165) is 22.8 Å². The molecule has 20 heavy (non-hydrogen) atoms. The maximum Gasteiger partial charge on any atom is 0.124 e. The number of halogens is 1. The van der Waals surface area contributed by atoms with Crippen molar-refractivity contribution in [2.75, 3.05) is 7.11 Å². The number of rotatable bonds is 6. The van der Waals surface area contributed by atoms with Crippen molar-refractivity contribution in [2.45, 2.75) is 32.9 Å². The quantitative estimate of drug-likeness (QED) is 0.825. The Labute approximate surface area is 129 Å². The van der Waals surface area contributed by atoms with Crippen molar-refractivity contribution >= 4 is 22.9 Å². The Bertz CT molecular complexity index is 567. The molecule has 1 atom stereocenters. The van der Waals surface area contributed by atoms with E-state index in [0.29, 0.717) is 12.6 Å². The molecule has 0 radical (unpaired) electrons. The van der Waals surface area contributed by atoms with E-state index in [2.05, 4.69) is 31.3 Å². The van der Waals surface area contributed by atoms with Crippen molar-refractivity contribution in [3.63, 3.8) is 0 Å². The number of hydrogen-bond acceptors (Lipinski definition) is 3. The van der Waals surface area contributed by atoms with Gasteiger partial charge >= 0.3 is 0 Å². The average molecular weight is 310 g/mol. The fraction of sp³-hybridized carbons (Fsp3) is 0.375. The molecule has 0 fully saturated rings. The third-order valence-electron chi connectivity index (χ3n) is 3.34. The van der Waals surface area contributed by atoms with Crippen LogP contribution in [0.2, 0.25) is 5.02 Å². The highest BCUT2D eigenvalue weighted by Crippen LogP contribution is 2.28. The molecular weight excluding hydrogens is 290 g/mol. The predicted molar refractivity (Wildman–Crippen MR) is 87.0 cm³/mol. The molecule has 2 nitrogen and oxygen atoms in total. The second kappa shape index (κ2) is 7.11. The van der Waals surface area contributed by atoms with Gasteiger partial charge < -0.3 is 10.1 Å². The van der Waals surface area contributed by atoms with Crippen LogP contribution in [0.4, 0.5) is 0 Å². The summed E-state index contributed by atoms with van der Waals surface area (Å²) in [5.74, 6) is 0.831. The lowest BCUT2D eigenvalue weighted by atomic mass is 10.1. The van der Waals surface area contributed by atoms with Gasteiger partial charge in [0.1, 0.15) is 5.75 Å². The van der Waals surface area contributed by atoms with Gasteiger partial charge in [-0.1, -0.05) is 24.6 Å². The Hall–Kier alpha value is -1.03. The van der Waals surface area contributed by atoms with Gasteiger partial charge in [0.25, 0.3) is 0 Å². The van der Waals surface area contributed by atoms with E-state index in [1.54, 1.807) is 7.11 Å². The fourth-order valence-electron chi connectivity index (χ4n) is 2.07. The van der Waals surface area contributed by atoms with Gasteiger partial charge in [0.05, 0.1) is 7.11 Å². The molecule has 1 aromatic heterocycles. The molecule has 0 aliphatic heterocycles. The third kappa shape index (κ3) is 3.54. The fourth-order valence-corrected chi connectivity index (χ4v) is 3.29. The topological polar surface area (TPSA) is 21.3 Å². The minimum Gasteiger partial charge on any atom is -0.496 e. The Morgan fingerprint density at radius 3 is 2.75 bits per heavy atom. The van der Waals surface area contributed by atoms with Crippen molar-refractivity contribution < 1.29 is 4.74 Å². The molecule has 0 amide bonds. The van der Waals surface area contributed by atoms with Gasteiger partial charge in [-0.3, -0.25) is 0 Å². The van der Waals surface area contributed by atoms with Gasteiger partial charge in [-0.15, -0.1) is 11.3 Å². The summed E-state index contributed by atoms with van der Waals surface area (Å²) in [7, 11) is 1.67. The first-order valence-corrected chi connectivity index (χ1v) is 7.98. The maximum absolute atomic E-state index is 6.25. The Morgan fingerprint density at radius 1 is 1.30 bits per heavy atom. The molecule has 0 saturated heterocycles. The highest BCUT2D eigenvalue weighted by Gasteiger charge is 2.11. The van der Waals surface area contributed by atoms with E-state index >= 15 is 0 Å². The van der Waals surface area contributed by atoms with Crippen molar-refractivity contribution in [3.8, 4) is 5.75 Å². The van der Waals surface area contributed by atoms with Crippen LogP contribution in [0.15, 0.2) is 30.3 Å². The molecular formula is C16H20ClNOS. The number of ether oxygens (including phenoxy) is 1. The van der Waals surface area contributed by atoms with Crippen LogP contribution < -0.4 is 10.1 Å². The van der Waals surface area contributed by atoms with Gasteiger partial charge in [0.2, 0.25) is 0 Å². The van der Waals surface area contributed by atoms with E-state index < -0.39 is 0 Å². The highest BCUT2D eigenvalue weighted by molar-refractivity contribution is 7.12. The van der Waals surface area contributed by atoms with Crippen LogP contribution in [0, 0.1) is 0 Å². The monoisotopic (exact) mass is 309 g/mol. The zero-order valence-electron chi connectivity index (χ0n) is 12.1. The van der Waals surface area contributed by atoms with Gasteiger partial charge in [0.15, 0.2) is 0 Å². The number of hydrogen-bond donors (Lipinski definition) is 1. The van der Waals surface area contributed by atoms with Crippen LogP contribution in [0.5, 0.6) is 5.75 Å². The molecule has 0 saturated carbocycles. The first-order valence-electron chi connectivity index (χ1n) is 6.79. The van der Waals surface area contributed by atoms with Crippen LogP contribution in [0.1, 0.15) is 35.2 Å². The lowest BCUT2D eigenvalue weighted by Crippen LogP contribution is -2.17. The molecule has 2 rings (SSSR count). The zero-order valence-corrected chi connectivity index (χ0v) is 13.6. The van der Waals surface area contributed by atoms with E-state index in [4.69, 9.17) is 16.3 Å². The number of thiophene rings is 1. The van der Waals surface area contributed by atoms with E-state index in [1.807, 2.05) is 29.5 Å². The standard InChI is InChI=1S/C16H20ClNOS/c1-4-12-8-9-16(20-12)11(2)18-10-13-14(17)6-5-7-15(13)19-3/h5-9,11,18H,4,10H2,1-3H3. The normalized spacial score (nSPS) is 12.4. The summed E-state index contributed by atoms with van der Waals surface area (Å²) in [6, 6.07) is 10.4. The van der Waals surface area contributed by atoms with Crippen LogP contribution in [0.25, 0.3) is 0 Å². The van der Waals surface area contributed by atoms with Crippen LogP contribution in [0.3, 0.4) is 0 Å². The van der Waals surface area contributed by atoms with Gasteiger partial charge in [0, 0.05) is 32.9 Å². The van der Waals surface area contributed by atoms with Crippen molar-refractivity contribution in [3.05, 3.63) is 50.7 Å². The zero-order chi connectivity index (χ0) is 14.5. The Balaban J connectivity index is 2.05. The predicted octanol–water partition coefficient (Wildman–Crippen LogP) is 4.82. The van der Waals surface area contributed by atoms with Crippen molar-refractivity contribution in [1.82, 2.24) is 5.32 Å². The minimum atomic E-state index is 0.307. The second-order valence-corrected chi connectivity index (χ2v) is 6.29. The van der Waals surface area contributed by atoms with E-state index in [-0.39, 0.29) is 0 Å². The van der Waals surface area contributed by atoms with Crippen LogP contribution in [-0.4, -0.2) is 7.11 Å². The summed E-state index contributed by atoms with van der Waals surface area (Å²) in [6.45, 7) is 5.06. The number of nitrogens with one attached hydrogen (secondary N) is 1. The highest BCUT2D eigenvalue weighted by atomic mass is 35.5. The smallest absolute Gasteiger partial charge is 0.124 e. The van der Waals surface area contributed by atoms with Gasteiger partial charge in [-0.25, -0.2) is 0 Å². The SMILES string of the molecule is CCc1ccc(C(C)NCc2c(Cl)cccc2OC)s1. The Morgan fingerprint density at radius 2 is 2.10 bits per heavy atom. The molecule has 2 aromatic rings. The lowest BCUT2D eigenvalue weighted by molar-refractivity contribution is 0.406. The number of benzene rings is 1. The Kier molecular flexibility index (Phi) is 5.46. The molecule has 1 heterocycles. The number of aryl methyl sites for hydroxylation is 1. The summed E-state index contributed by atoms with van der Waals surface area (Å²) in [5, 5.41) is 4.25. The van der Waals surface area contributed by atoms with E-state index in [9.17, 15) is 0 Å². The molecule has 4 heteroatoms. The van der Waals surface area contributed by atoms with Crippen LogP contribution in [-0.2, 0) is 13.0 Å². The molecule has 0 aliphatic carbocycles. The molecule has 108 valence electrons. The molecule has 1 aromatic carbocycles. The van der Waals surface area contributed by atoms with Crippen molar-refractivity contribution in [1.29, 1.82) is 0 Å². The summed E-state index contributed by atoms with van der Waals surface area (Å²) < 4.78 is 5.36. The summed E-state index contributed by atoms with van der Waals surface area (Å²) in [4.78, 5) is 2.77. The lowest BCUT2D eigenvalue weighted by Gasteiger charge is -2.15. The van der Waals surface area contributed by atoms with Gasteiger partial charge in [-0.2, -0.15) is 0 Å². The maximum atomic E-state index is 6.25. The van der Waals surface area contributed by atoms with E-state index in [1.165, 1.54) is 9.75 Å². The summed E-state index contributed by atoms with van der Waals surface area (Å²) in [6.07, 6.45) is 1.09. The van der Waals surface area contributed by atoms with Gasteiger partial charge in [-0.05, 0) is 37.6 Å². The third-order valence-corrected chi connectivity index (χ3v) is 5.10. The first-order chi connectivity index (χ1) is 9.65. The summed E-state index contributed by atoms with van der Waals surface area (Å²) >= 11 is 8.11. The molecule has 1 N–H and O–H groups in total. The largest absolute Gasteiger partial charge is 0.496 e. The summed E-state index contributed by atoms with van der Waals surface area (Å²) in [5.41, 5.74) is 1.01. The minimum absolute atomic E-state index is 0.307. The van der Waals surface area contributed by atoms with Crippen molar-refractivity contribution in [2.24, 2.45) is 0 Å². The molecule has 0 aliphatic rings. The number of methoxy groups -OCH3 is 1. The first kappa shape index (κ1) is 15.4. The molecule has 1 unspecified atom stereocenters. The molecule has 0 bridgehead atoms. The average Bonchev–Trinajstić information content (AvgIpc) is 2.94. The van der Waals surface area contributed by atoms with Crippen LogP contribution >= 0.6 is 22.9 Å².